The highest BCUT2D eigenvalue weighted by Crippen LogP contribution is 2.48. The van der Waals surface area contributed by atoms with Gasteiger partial charge in [-0.15, -0.1) is 0 Å². The fourth-order valence-electron chi connectivity index (χ4n) is 7.99. The van der Waals surface area contributed by atoms with Gasteiger partial charge in [-0.25, -0.2) is 0 Å². The molecule has 11 rings (SSSR count). The van der Waals surface area contributed by atoms with Crippen LogP contribution in [0, 0.1) is 0 Å². The number of hydrogen-bond acceptors (Lipinski definition) is 2. The molecule has 0 bridgehead atoms. The van der Waals surface area contributed by atoms with Crippen LogP contribution < -0.4 is 0 Å². The molecule has 2 heteroatoms. The second-order valence-corrected chi connectivity index (χ2v) is 12.8. The van der Waals surface area contributed by atoms with Gasteiger partial charge in [-0.3, -0.25) is 0 Å². The third kappa shape index (κ3) is 3.57. The summed E-state index contributed by atoms with van der Waals surface area (Å²) in [5, 5.41) is 16.2. The zero-order valence-electron chi connectivity index (χ0n) is 25.8. The summed E-state index contributed by atoms with van der Waals surface area (Å²) in [6.07, 6.45) is 0. The van der Waals surface area contributed by atoms with E-state index >= 15 is 0 Å². The Morgan fingerprint density at radius 1 is 0.250 bits per heavy atom. The Kier molecular flexibility index (Phi) is 5.14. The van der Waals surface area contributed by atoms with E-state index in [0.29, 0.717) is 0 Å². The summed E-state index contributed by atoms with van der Waals surface area (Å²) >= 11 is 0. The summed E-state index contributed by atoms with van der Waals surface area (Å²) in [4.78, 5) is 0. The number of hydrogen-bond donors (Lipinski definition) is 0. The molecular formula is C46H26O2. The molecule has 0 amide bonds. The monoisotopic (exact) mass is 610 g/mol. The summed E-state index contributed by atoms with van der Waals surface area (Å²) in [5.41, 5.74) is 4.03. The molecule has 2 nitrogen and oxygen atoms in total. The van der Waals surface area contributed by atoms with Gasteiger partial charge in [-0.1, -0.05) is 133 Å². The van der Waals surface area contributed by atoms with E-state index in [1.54, 1.807) is 0 Å². The lowest BCUT2D eigenvalue weighted by atomic mass is 9.87. The summed E-state index contributed by atoms with van der Waals surface area (Å²) in [5.74, 6) is 1.73. The van der Waals surface area contributed by atoms with Crippen molar-refractivity contribution in [2.75, 3.05) is 0 Å². The summed E-state index contributed by atoms with van der Waals surface area (Å²) in [6, 6.07) is 56.6. The second kappa shape index (κ2) is 9.57. The number of benzene rings is 9. The van der Waals surface area contributed by atoms with Crippen molar-refractivity contribution in [3.63, 3.8) is 0 Å². The zero-order chi connectivity index (χ0) is 31.3. The molecule has 222 valence electrons. The number of rotatable bonds is 2. The van der Waals surface area contributed by atoms with Crippen LogP contribution in [0.5, 0.6) is 0 Å². The smallest absolute Gasteiger partial charge is 0.142 e. The van der Waals surface area contributed by atoms with Gasteiger partial charge in [0.1, 0.15) is 22.7 Å². The van der Waals surface area contributed by atoms with Crippen molar-refractivity contribution in [1.82, 2.24) is 0 Å². The van der Waals surface area contributed by atoms with Crippen LogP contribution in [-0.2, 0) is 0 Å². The van der Waals surface area contributed by atoms with Gasteiger partial charge in [0.25, 0.3) is 0 Å². The van der Waals surface area contributed by atoms with Crippen molar-refractivity contribution in [3.8, 4) is 22.6 Å². The molecule has 2 aromatic heterocycles. The van der Waals surface area contributed by atoms with Crippen molar-refractivity contribution < 1.29 is 8.83 Å². The summed E-state index contributed by atoms with van der Waals surface area (Å²) in [7, 11) is 0. The topological polar surface area (TPSA) is 26.3 Å². The average molecular weight is 611 g/mol. The Hall–Kier alpha value is -6.38. The molecule has 0 aliphatic rings. The third-order valence-electron chi connectivity index (χ3n) is 10.2. The van der Waals surface area contributed by atoms with E-state index in [4.69, 9.17) is 8.83 Å². The van der Waals surface area contributed by atoms with Crippen LogP contribution in [0.4, 0.5) is 0 Å². The molecular weight excluding hydrogens is 585 g/mol. The SMILES string of the molecule is c1ccc2c(c1)ccc1cc3c(-c4cc5ccc6ccccc6c5o4)c4ccccc4c(-c4cc5ccc6ccccc6c5o4)c3cc12. The first-order valence-corrected chi connectivity index (χ1v) is 16.4. The molecule has 9 aromatic carbocycles. The second-order valence-electron chi connectivity index (χ2n) is 12.8. The fourth-order valence-corrected chi connectivity index (χ4v) is 7.99. The van der Waals surface area contributed by atoms with Crippen LogP contribution in [0.3, 0.4) is 0 Å². The lowest BCUT2D eigenvalue weighted by Gasteiger charge is -2.16. The average Bonchev–Trinajstić information content (AvgIpc) is 3.78. The molecule has 0 radical (unpaired) electrons. The standard InChI is InChI=1S/C46H26O2/c1-4-12-33-27(9-1)17-20-30-23-39-40(26-38(30)33)44(42-25-32-22-19-29-11-3-6-14-35(29)46(32)48-42)37-16-8-7-15-36(37)43(39)41-24-31-21-18-28-10-2-5-13-34(28)45(31)47-41/h1-26H. The molecule has 0 unspecified atom stereocenters. The first-order chi connectivity index (χ1) is 23.8. The minimum Gasteiger partial charge on any atom is -0.455 e. The molecule has 0 N–H and O–H groups in total. The van der Waals surface area contributed by atoms with Gasteiger partial charge in [0, 0.05) is 32.7 Å². The Bertz CT molecular complexity index is 3120. The molecule has 0 saturated carbocycles. The fraction of sp³-hybridized carbons (Fsp3) is 0. The van der Waals surface area contributed by atoms with Crippen molar-refractivity contribution in [2.45, 2.75) is 0 Å². The molecule has 0 aliphatic carbocycles. The van der Waals surface area contributed by atoms with Crippen molar-refractivity contribution in [1.29, 1.82) is 0 Å². The van der Waals surface area contributed by atoms with Gasteiger partial charge in [0.2, 0.25) is 0 Å². The maximum Gasteiger partial charge on any atom is 0.142 e. The van der Waals surface area contributed by atoms with Gasteiger partial charge < -0.3 is 8.83 Å². The molecule has 0 aliphatic heterocycles. The van der Waals surface area contributed by atoms with E-state index in [0.717, 1.165) is 76.9 Å². The summed E-state index contributed by atoms with van der Waals surface area (Å²) in [6.45, 7) is 0. The highest BCUT2D eigenvalue weighted by molar-refractivity contribution is 6.25. The molecule has 0 atom stereocenters. The zero-order valence-corrected chi connectivity index (χ0v) is 25.8. The first-order valence-electron chi connectivity index (χ1n) is 16.4. The minimum atomic E-state index is 0.865. The van der Waals surface area contributed by atoms with Gasteiger partial charge in [0.05, 0.1) is 0 Å². The lowest BCUT2D eigenvalue weighted by molar-refractivity contribution is 0.635. The molecule has 11 aromatic rings. The van der Waals surface area contributed by atoms with E-state index in [9.17, 15) is 0 Å². The molecule has 48 heavy (non-hydrogen) atoms. The Morgan fingerprint density at radius 3 is 1.19 bits per heavy atom. The quantitative estimate of drug-likeness (QED) is 0.144. The predicted octanol–water partition coefficient (Wildman–Crippen LogP) is 13.4. The summed E-state index contributed by atoms with van der Waals surface area (Å²) < 4.78 is 13.8. The van der Waals surface area contributed by atoms with Crippen molar-refractivity contribution in [2.24, 2.45) is 0 Å². The van der Waals surface area contributed by atoms with Gasteiger partial charge >= 0.3 is 0 Å². The van der Waals surface area contributed by atoms with E-state index in [2.05, 4.69) is 158 Å². The Balaban J connectivity index is 1.32. The number of fused-ring (bicyclic) bond motifs is 11. The van der Waals surface area contributed by atoms with Gasteiger partial charge in [0.15, 0.2) is 0 Å². The lowest BCUT2D eigenvalue weighted by Crippen LogP contribution is -1.90. The Labute approximate surface area is 275 Å². The molecule has 0 fully saturated rings. The molecule has 0 spiro atoms. The van der Waals surface area contributed by atoms with E-state index in [1.165, 1.54) is 32.3 Å². The van der Waals surface area contributed by atoms with Gasteiger partial charge in [-0.05, 0) is 78.1 Å². The maximum absolute atomic E-state index is 6.90. The third-order valence-corrected chi connectivity index (χ3v) is 10.2. The van der Waals surface area contributed by atoms with Crippen LogP contribution in [0.1, 0.15) is 0 Å². The maximum atomic E-state index is 6.90. The van der Waals surface area contributed by atoms with E-state index in [-0.39, 0.29) is 0 Å². The first kappa shape index (κ1) is 25.8. The molecule has 0 saturated heterocycles. The minimum absolute atomic E-state index is 0.865. The van der Waals surface area contributed by atoms with Crippen LogP contribution in [0.15, 0.2) is 167 Å². The van der Waals surface area contributed by atoms with Crippen LogP contribution >= 0.6 is 0 Å². The largest absolute Gasteiger partial charge is 0.455 e. The van der Waals surface area contributed by atoms with Crippen molar-refractivity contribution in [3.05, 3.63) is 158 Å². The predicted molar refractivity (Wildman–Crippen MR) is 202 cm³/mol. The van der Waals surface area contributed by atoms with Crippen LogP contribution in [0.25, 0.3) is 109 Å². The van der Waals surface area contributed by atoms with E-state index in [1.807, 2.05) is 0 Å². The van der Waals surface area contributed by atoms with Gasteiger partial charge in [-0.2, -0.15) is 0 Å². The van der Waals surface area contributed by atoms with E-state index < -0.39 is 0 Å². The highest BCUT2D eigenvalue weighted by atomic mass is 16.3. The van der Waals surface area contributed by atoms with Crippen molar-refractivity contribution >= 4 is 86.6 Å². The number of furan rings is 2. The van der Waals surface area contributed by atoms with Crippen LogP contribution in [0.2, 0.25) is 0 Å². The Morgan fingerprint density at radius 2 is 0.646 bits per heavy atom. The van der Waals surface area contributed by atoms with Crippen LogP contribution in [-0.4, -0.2) is 0 Å². The molecule has 2 heterocycles. The normalized spacial score (nSPS) is 12.2. The highest BCUT2D eigenvalue weighted by Gasteiger charge is 2.23.